The monoisotopic (exact) mass is 241 g/mol. The van der Waals surface area contributed by atoms with Gasteiger partial charge in [0, 0.05) is 6.54 Å². The maximum atomic E-state index is 11.2. The largest absolute Gasteiger partial charge is 0.368 e. The minimum absolute atomic E-state index is 0.202. The molecule has 1 aromatic heterocycles. The topological polar surface area (TPSA) is 72.0 Å². The van der Waals surface area contributed by atoms with Crippen molar-refractivity contribution in [1.29, 1.82) is 0 Å². The molecule has 0 aliphatic carbocycles. The van der Waals surface area contributed by atoms with Gasteiger partial charge in [-0.3, -0.25) is 0 Å². The molecule has 88 valence electrons. The van der Waals surface area contributed by atoms with Crippen LogP contribution in [0, 0.1) is 12.8 Å². The Bertz CT molecular complexity index is 455. The number of hydrogen-bond acceptors (Lipinski definition) is 5. The molecule has 0 bridgehead atoms. The van der Waals surface area contributed by atoms with Crippen LogP contribution in [-0.2, 0) is 9.84 Å². The quantitative estimate of drug-likeness (QED) is 0.840. The van der Waals surface area contributed by atoms with Crippen LogP contribution < -0.4 is 5.32 Å². The highest BCUT2D eigenvalue weighted by atomic mass is 32.2. The van der Waals surface area contributed by atoms with E-state index in [9.17, 15) is 8.42 Å². The van der Waals surface area contributed by atoms with E-state index in [-0.39, 0.29) is 5.92 Å². The smallest absolute Gasteiger partial charge is 0.150 e. The van der Waals surface area contributed by atoms with Gasteiger partial charge in [-0.2, -0.15) is 5.10 Å². The minimum atomic E-state index is -2.78. The zero-order valence-corrected chi connectivity index (χ0v) is 10.00. The summed E-state index contributed by atoms with van der Waals surface area (Å²) in [7, 11) is -2.78. The molecule has 0 amide bonds. The molecule has 1 aliphatic heterocycles. The van der Waals surface area contributed by atoms with Gasteiger partial charge >= 0.3 is 0 Å². The SMILES string of the molecule is Cc1ccc(NCC2CCS(=O)(=O)C2)nn1. The Morgan fingerprint density at radius 2 is 2.25 bits per heavy atom. The number of aromatic nitrogens is 2. The normalized spacial score (nSPS) is 23.2. The fourth-order valence-corrected chi connectivity index (χ4v) is 3.64. The zero-order chi connectivity index (χ0) is 11.6. The lowest BCUT2D eigenvalue weighted by atomic mass is 10.1. The van der Waals surface area contributed by atoms with Crippen molar-refractivity contribution in [3.8, 4) is 0 Å². The molecule has 0 aromatic carbocycles. The summed E-state index contributed by atoms with van der Waals surface area (Å²) in [5.74, 6) is 1.51. The highest BCUT2D eigenvalue weighted by Gasteiger charge is 2.27. The first-order valence-electron chi connectivity index (χ1n) is 5.30. The van der Waals surface area contributed by atoms with E-state index in [1.807, 2.05) is 19.1 Å². The molecule has 1 aromatic rings. The average molecular weight is 241 g/mol. The van der Waals surface area contributed by atoms with Crippen LogP contribution in [0.5, 0.6) is 0 Å². The number of anilines is 1. The van der Waals surface area contributed by atoms with Crippen LogP contribution in [0.2, 0.25) is 0 Å². The van der Waals surface area contributed by atoms with Gasteiger partial charge < -0.3 is 5.32 Å². The summed E-state index contributed by atoms with van der Waals surface area (Å²) < 4.78 is 22.5. The maximum absolute atomic E-state index is 11.2. The van der Waals surface area contributed by atoms with Gasteiger partial charge in [0.2, 0.25) is 0 Å². The molecule has 0 spiro atoms. The van der Waals surface area contributed by atoms with E-state index in [0.29, 0.717) is 23.9 Å². The standard InChI is InChI=1S/C10H15N3O2S/c1-8-2-3-10(13-12-8)11-6-9-4-5-16(14,15)7-9/h2-3,9H,4-7H2,1H3,(H,11,13). The number of hydrogen-bond donors (Lipinski definition) is 1. The molecular formula is C10H15N3O2S. The van der Waals surface area contributed by atoms with Crippen LogP contribution in [0.15, 0.2) is 12.1 Å². The van der Waals surface area contributed by atoms with E-state index < -0.39 is 9.84 Å². The number of sulfone groups is 1. The van der Waals surface area contributed by atoms with Gasteiger partial charge in [-0.1, -0.05) is 0 Å². The molecule has 2 heterocycles. The first-order chi connectivity index (χ1) is 7.55. The number of aryl methyl sites for hydroxylation is 1. The van der Waals surface area contributed by atoms with Crippen molar-refractivity contribution in [2.45, 2.75) is 13.3 Å². The summed E-state index contributed by atoms with van der Waals surface area (Å²) in [5, 5.41) is 11.0. The van der Waals surface area contributed by atoms with Crippen molar-refractivity contribution in [1.82, 2.24) is 10.2 Å². The molecular weight excluding hydrogens is 226 g/mol. The predicted molar refractivity (Wildman–Crippen MR) is 62.0 cm³/mol. The van der Waals surface area contributed by atoms with E-state index in [2.05, 4.69) is 15.5 Å². The second-order valence-electron chi connectivity index (χ2n) is 4.21. The molecule has 16 heavy (non-hydrogen) atoms. The minimum Gasteiger partial charge on any atom is -0.368 e. The summed E-state index contributed by atoms with van der Waals surface area (Å²) in [6.45, 7) is 2.53. The Labute approximate surface area is 95.2 Å². The lowest BCUT2D eigenvalue weighted by Gasteiger charge is -2.09. The molecule has 2 rings (SSSR count). The summed E-state index contributed by atoms with van der Waals surface area (Å²) in [5.41, 5.74) is 0.869. The van der Waals surface area contributed by atoms with Crippen molar-refractivity contribution in [2.75, 3.05) is 23.4 Å². The first kappa shape index (κ1) is 11.3. The molecule has 1 aliphatic rings. The van der Waals surface area contributed by atoms with E-state index in [1.165, 1.54) is 0 Å². The molecule has 1 saturated heterocycles. The van der Waals surface area contributed by atoms with Gasteiger partial charge in [-0.15, -0.1) is 5.10 Å². The van der Waals surface area contributed by atoms with Crippen LogP contribution in [0.25, 0.3) is 0 Å². The van der Waals surface area contributed by atoms with Gasteiger partial charge in [0.1, 0.15) is 5.82 Å². The Hall–Kier alpha value is -1.17. The predicted octanol–water partition coefficient (Wildman–Crippen LogP) is 0.632. The van der Waals surface area contributed by atoms with Crippen LogP contribution >= 0.6 is 0 Å². The van der Waals surface area contributed by atoms with Crippen LogP contribution in [-0.4, -0.2) is 36.7 Å². The van der Waals surface area contributed by atoms with Gasteiger partial charge in [0.15, 0.2) is 9.84 Å². The number of nitrogens with one attached hydrogen (secondary N) is 1. The fraction of sp³-hybridized carbons (Fsp3) is 0.600. The zero-order valence-electron chi connectivity index (χ0n) is 9.18. The van der Waals surface area contributed by atoms with E-state index in [0.717, 1.165) is 12.1 Å². The summed E-state index contributed by atoms with van der Waals surface area (Å²) in [6, 6.07) is 3.73. The molecule has 0 saturated carbocycles. The van der Waals surface area contributed by atoms with Gasteiger partial charge in [-0.25, -0.2) is 8.42 Å². The molecule has 1 unspecified atom stereocenters. The van der Waals surface area contributed by atoms with Crippen LogP contribution in [0.1, 0.15) is 12.1 Å². The summed E-state index contributed by atoms with van der Waals surface area (Å²) >= 11 is 0. The lowest BCUT2D eigenvalue weighted by Crippen LogP contribution is -2.16. The third-order valence-corrected chi connectivity index (χ3v) is 4.53. The number of nitrogens with zero attached hydrogens (tertiary/aromatic N) is 2. The highest BCUT2D eigenvalue weighted by molar-refractivity contribution is 7.91. The van der Waals surface area contributed by atoms with Crippen molar-refractivity contribution < 1.29 is 8.42 Å². The highest BCUT2D eigenvalue weighted by Crippen LogP contribution is 2.18. The van der Waals surface area contributed by atoms with E-state index >= 15 is 0 Å². The molecule has 6 heteroatoms. The van der Waals surface area contributed by atoms with Crippen LogP contribution in [0.3, 0.4) is 0 Å². The van der Waals surface area contributed by atoms with Crippen LogP contribution in [0.4, 0.5) is 5.82 Å². The third kappa shape index (κ3) is 2.91. The van der Waals surface area contributed by atoms with Crippen molar-refractivity contribution in [3.05, 3.63) is 17.8 Å². The van der Waals surface area contributed by atoms with Gasteiger partial charge in [-0.05, 0) is 31.4 Å². The van der Waals surface area contributed by atoms with E-state index in [1.54, 1.807) is 0 Å². The average Bonchev–Trinajstić information content (AvgIpc) is 2.58. The maximum Gasteiger partial charge on any atom is 0.150 e. The second kappa shape index (κ2) is 4.37. The molecule has 1 atom stereocenters. The molecule has 1 N–H and O–H groups in total. The van der Waals surface area contributed by atoms with Crippen molar-refractivity contribution >= 4 is 15.7 Å². The summed E-state index contributed by atoms with van der Waals surface area (Å²) in [4.78, 5) is 0. The Balaban J connectivity index is 1.87. The Morgan fingerprint density at radius 1 is 1.44 bits per heavy atom. The lowest BCUT2D eigenvalue weighted by molar-refractivity contribution is 0.595. The molecule has 1 fully saturated rings. The molecule has 5 nitrogen and oxygen atoms in total. The van der Waals surface area contributed by atoms with Crippen molar-refractivity contribution in [3.63, 3.8) is 0 Å². The second-order valence-corrected chi connectivity index (χ2v) is 6.44. The summed E-state index contributed by atoms with van der Waals surface area (Å²) in [6.07, 6.45) is 0.745. The molecule has 0 radical (unpaired) electrons. The number of rotatable bonds is 3. The Kier molecular flexibility index (Phi) is 3.09. The third-order valence-electron chi connectivity index (χ3n) is 2.70. The Morgan fingerprint density at radius 3 is 2.81 bits per heavy atom. The van der Waals surface area contributed by atoms with Gasteiger partial charge in [0.05, 0.1) is 17.2 Å². The van der Waals surface area contributed by atoms with Gasteiger partial charge in [0.25, 0.3) is 0 Å². The fourth-order valence-electron chi connectivity index (χ4n) is 1.78. The van der Waals surface area contributed by atoms with E-state index in [4.69, 9.17) is 0 Å². The first-order valence-corrected chi connectivity index (χ1v) is 7.12. The van der Waals surface area contributed by atoms with Crippen molar-refractivity contribution in [2.24, 2.45) is 5.92 Å².